The lowest BCUT2D eigenvalue weighted by Gasteiger charge is -2.16. The fourth-order valence-electron chi connectivity index (χ4n) is 9.00. The third-order valence-corrected chi connectivity index (χ3v) is 11.8. The molecule has 0 aliphatic rings. The van der Waals surface area contributed by atoms with Crippen molar-refractivity contribution in [3.05, 3.63) is 219 Å². The van der Waals surface area contributed by atoms with Crippen molar-refractivity contribution in [2.75, 3.05) is 0 Å². The van der Waals surface area contributed by atoms with Gasteiger partial charge >= 0.3 is 0 Å². The molecule has 0 bridgehead atoms. The molecule has 0 saturated heterocycles. The summed E-state index contributed by atoms with van der Waals surface area (Å²) in [4.78, 5) is 20.3. The topological polar surface area (TPSA) is 61.4 Å². The van der Waals surface area contributed by atoms with Gasteiger partial charge in [0.05, 0.1) is 33.4 Å². The van der Waals surface area contributed by atoms with Gasteiger partial charge < -0.3 is 9.13 Å². The van der Waals surface area contributed by atoms with E-state index in [0.29, 0.717) is 17.5 Å². The van der Waals surface area contributed by atoms with Crippen LogP contribution in [0.4, 0.5) is 0 Å². The van der Waals surface area contributed by atoms with E-state index in [1.807, 2.05) is 36.5 Å². The van der Waals surface area contributed by atoms with E-state index in [9.17, 15) is 0 Å². The van der Waals surface area contributed by atoms with Crippen LogP contribution < -0.4 is 0 Å². The Morgan fingerprint density at radius 3 is 1.39 bits per heavy atom. The summed E-state index contributed by atoms with van der Waals surface area (Å²) in [5, 5.41) is 4.86. The molecular weight excluding hydrogens is 757 g/mol. The van der Waals surface area contributed by atoms with Crippen LogP contribution in [0.25, 0.3) is 112 Å². The van der Waals surface area contributed by atoms with Gasteiger partial charge in [-0.3, -0.25) is 4.98 Å². The summed E-state index contributed by atoms with van der Waals surface area (Å²) in [6.07, 6.45) is 1.85. The van der Waals surface area contributed by atoms with Crippen LogP contribution in [0.1, 0.15) is 0 Å². The van der Waals surface area contributed by atoms with Crippen LogP contribution in [0.3, 0.4) is 0 Å². The molecule has 12 rings (SSSR count). The molecule has 12 aromatic rings. The molecule has 62 heavy (non-hydrogen) atoms. The predicted octanol–water partition coefficient (Wildman–Crippen LogP) is 13.8. The van der Waals surface area contributed by atoms with Gasteiger partial charge in [-0.2, -0.15) is 0 Å². The maximum absolute atomic E-state index is 5.25. The molecule has 0 amide bonds. The van der Waals surface area contributed by atoms with Crippen molar-refractivity contribution in [3.63, 3.8) is 0 Å². The highest BCUT2D eigenvalue weighted by Gasteiger charge is 2.19. The Morgan fingerprint density at radius 2 is 0.790 bits per heavy atom. The number of nitrogens with zero attached hydrogens (tertiary/aromatic N) is 6. The molecule has 6 nitrogen and oxygen atoms in total. The Bertz CT molecular complexity index is 3540. The smallest absolute Gasteiger partial charge is 0.164 e. The normalized spacial score (nSPS) is 11.5. The summed E-state index contributed by atoms with van der Waals surface area (Å²) < 4.78 is 4.71. The van der Waals surface area contributed by atoms with Crippen LogP contribution in [0.2, 0.25) is 0 Å². The second-order valence-corrected chi connectivity index (χ2v) is 15.5. The Balaban J connectivity index is 1.04. The minimum absolute atomic E-state index is 0.595. The van der Waals surface area contributed by atoms with Crippen LogP contribution >= 0.6 is 0 Å². The van der Waals surface area contributed by atoms with E-state index in [1.165, 1.54) is 21.5 Å². The Kier molecular flexibility index (Phi) is 8.38. The third-order valence-electron chi connectivity index (χ3n) is 11.8. The van der Waals surface area contributed by atoms with E-state index in [-0.39, 0.29) is 0 Å². The lowest BCUT2D eigenvalue weighted by molar-refractivity contribution is 1.07. The third kappa shape index (κ3) is 5.96. The molecule has 0 atom stereocenters. The van der Waals surface area contributed by atoms with Crippen molar-refractivity contribution in [1.29, 1.82) is 0 Å². The number of rotatable bonds is 7. The first-order valence-electron chi connectivity index (χ1n) is 20.8. The molecule has 4 heterocycles. The fourth-order valence-corrected chi connectivity index (χ4v) is 9.00. The Hall–Kier alpha value is -8.48. The van der Waals surface area contributed by atoms with Crippen molar-refractivity contribution in [2.24, 2.45) is 0 Å². The molecule has 6 heteroatoms. The summed E-state index contributed by atoms with van der Waals surface area (Å²) >= 11 is 0. The van der Waals surface area contributed by atoms with E-state index in [0.717, 1.165) is 72.5 Å². The average Bonchev–Trinajstić information content (AvgIpc) is 3.87. The molecule has 0 aliphatic carbocycles. The SMILES string of the molecule is c1ccc(-c2nc(-c3cccc(-c4cc(-c5ccccn5)ccc4-n4c5ccccc5c5ccccc54)c3)nc(-c3cccc(-n4c5ccccc5c5ccccc54)c3)n2)cc1. The van der Waals surface area contributed by atoms with Gasteiger partial charge in [0.2, 0.25) is 0 Å². The second kappa shape index (κ2) is 14.7. The van der Waals surface area contributed by atoms with Crippen molar-refractivity contribution in [3.8, 4) is 67.9 Å². The molecule has 0 spiro atoms. The first-order chi connectivity index (χ1) is 30.7. The summed E-state index contributed by atoms with van der Waals surface area (Å²) in [6, 6.07) is 74.4. The molecule has 8 aromatic carbocycles. The van der Waals surface area contributed by atoms with E-state index >= 15 is 0 Å². The van der Waals surface area contributed by atoms with E-state index in [4.69, 9.17) is 19.9 Å². The lowest BCUT2D eigenvalue weighted by atomic mass is 9.97. The van der Waals surface area contributed by atoms with E-state index in [2.05, 4.69) is 191 Å². The molecular formula is C56H36N6. The van der Waals surface area contributed by atoms with Crippen LogP contribution in [-0.4, -0.2) is 29.1 Å². The quantitative estimate of drug-likeness (QED) is 0.161. The number of aromatic nitrogens is 6. The summed E-state index contributed by atoms with van der Waals surface area (Å²) in [7, 11) is 0. The van der Waals surface area contributed by atoms with Gasteiger partial charge in [0.25, 0.3) is 0 Å². The molecule has 0 radical (unpaired) electrons. The van der Waals surface area contributed by atoms with Crippen LogP contribution in [0.5, 0.6) is 0 Å². The second-order valence-electron chi connectivity index (χ2n) is 15.5. The zero-order valence-corrected chi connectivity index (χ0v) is 33.5. The van der Waals surface area contributed by atoms with Gasteiger partial charge in [-0.25, -0.2) is 15.0 Å². The minimum atomic E-state index is 0.595. The highest BCUT2D eigenvalue weighted by Crippen LogP contribution is 2.39. The first-order valence-corrected chi connectivity index (χ1v) is 20.8. The molecule has 0 aliphatic heterocycles. The lowest BCUT2D eigenvalue weighted by Crippen LogP contribution is -2.01. The summed E-state index contributed by atoms with van der Waals surface area (Å²) in [6.45, 7) is 0. The fraction of sp³-hybridized carbons (Fsp3) is 0. The van der Waals surface area contributed by atoms with Crippen LogP contribution in [0, 0.1) is 0 Å². The summed E-state index contributed by atoms with van der Waals surface area (Å²) in [5.41, 5.74) is 13.5. The molecule has 0 fully saturated rings. The average molecular weight is 793 g/mol. The number of para-hydroxylation sites is 4. The van der Waals surface area contributed by atoms with Crippen molar-refractivity contribution in [2.45, 2.75) is 0 Å². The number of hydrogen-bond donors (Lipinski definition) is 0. The molecule has 290 valence electrons. The highest BCUT2D eigenvalue weighted by atomic mass is 15.0. The zero-order valence-electron chi connectivity index (χ0n) is 33.5. The minimum Gasteiger partial charge on any atom is -0.309 e. The van der Waals surface area contributed by atoms with E-state index in [1.54, 1.807) is 0 Å². The highest BCUT2D eigenvalue weighted by molar-refractivity contribution is 6.10. The maximum Gasteiger partial charge on any atom is 0.164 e. The monoisotopic (exact) mass is 792 g/mol. The first kappa shape index (κ1) is 35.5. The molecule has 0 saturated carbocycles. The Morgan fingerprint density at radius 1 is 0.306 bits per heavy atom. The largest absolute Gasteiger partial charge is 0.309 e. The van der Waals surface area contributed by atoms with Gasteiger partial charge in [-0.1, -0.05) is 146 Å². The van der Waals surface area contributed by atoms with Gasteiger partial charge in [0.1, 0.15) is 0 Å². The number of pyridine rings is 1. The van der Waals surface area contributed by atoms with Gasteiger partial charge in [-0.15, -0.1) is 0 Å². The van der Waals surface area contributed by atoms with Gasteiger partial charge in [0, 0.05) is 61.2 Å². The molecule has 0 unspecified atom stereocenters. The number of fused-ring (bicyclic) bond motifs is 6. The number of benzene rings is 8. The van der Waals surface area contributed by atoms with Crippen molar-refractivity contribution < 1.29 is 0 Å². The molecule has 4 aromatic heterocycles. The van der Waals surface area contributed by atoms with Crippen molar-refractivity contribution in [1.82, 2.24) is 29.1 Å². The van der Waals surface area contributed by atoms with Gasteiger partial charge in [-0.05, 0) is 72.3 Å². The van der Waals surface area contributed by atoms with Gasteiger partial charge in [0.15, 0.2) is 17.5 Å². The van der Waals surface area contributed by atoms with Crippen LogP contribution in [0.15, 0.2) is 219 Å². The van der Waals surface area contributed by atoms with E-state index < -0.39 is 0 Å². The predicted molar refractivity (Wildman–Crippen MR) is 253 cm³/mol. The standard InChI is InChI=1S/C56H36N6/c1-2-16-37(17-3-1)54-58-55(60-56(59-54)41-20-15-21-42(35-41)61-49-27-8-4-22-43(49)44-23-5-9-28-50(44)61)40-19-14-18-38(34-40)47-36-39(48-26-12-13-33-57-48)31-32-53(47)62-51-29-10-6-24-45(51)46-25-7-11-30-52(46)62/h1-36H. The maximum atomic E-state index is 5.25. The zero-order chi connectivity index (χ0) is 41.0. The summed E-state index contributed by atoms with van der Waals surface area (Å²) in [5.74, 6) is 1.81. The Labute approximate surface area is 357 Å². The van der Waals surface area contributed by atoms with Crippen molar-refractivity contribution >= 4 is 43.6 Å². The molecule has 0 N–H and O–H groups in total. The number of hydrogen-bond acceptors (Lipinski definition) is 4. The van der Waals surface area contributed by atoms with Crippen LogP contribution in [-0.2, 0) is 0 Å².